The number of benzene rings is 1. The summed E-state index contributed by atoms with van der Waals surface area (Å²) < 4.78 is 52.4. The summed E-state index contributed by atoms with van der Waals surface area (Å²) in [5.41, 5.74) is 0. The highest BCUT2D eigenvalue weighted by Gasteiger charge is 2.38. The van der Waals surface area contributed by atoms with Crippen LogP contribution in [0.25, 0.3) is 0 Å². The molecule has 0 amide bonds. The molecule has 1 aromatic carbocycles. The van der Waals surface area contributed by atoms with Crippen molar-refractivity contribution in [2.75, 3.05) is 20.1 Å². The lowest BCUT2D eigenvalue weighted by Gasteiger charge is -2.25. The van der Waals surface area contributed by atoms with Crippen molar-refractivity contribution < 1.29 is 22.3 Å². The molecule has 2 N–H and O–H groups in total. The van der Waals surface area contributed by atoms with Gasteiger partial charge in [0.1, 0.15) is 11.6 Å². The van der Waals surface area contributed by atoms with Gasteiger partial charge in [0.2, 0.25) is 10.0 Å². The first-order valence-corrected chi connectivity index (χ1v) is 7.10. The SMILES string of the molecule is CN([C@H]1CNC[C@@H]1O)S(=O)(=O)c1c(F)cccc1F. The molecule has 1 aliphatic rings. The van der Waals surface area contributed by atoms with Gasteiger partial charge in [-0.05, 0) is 12.1 Å². The first-order chi connectivity index (χ1) is 8.85. The smallest absolute Gasteiger partial charge is 0.249 e. The molecular formula is C11H14F2N2O3S. The number of rotatable bonds is 3. The summed E-state index contributed by atoms with van der Waals surface area (Å²) >= 11 is 0. The van der Waals surface area contributed by atoms with Gasteiger partial charge in [-0.2, -0.15) is 4.31 Å². The van der Waals surface area contributed by atoms with Gasteiger partial charge in [0.25, 0.3) is 0 Å². The van der Waals surface area contributed by atoms with Crippen LogP contribution in [0.4, 0.5) is 8.78 Å². The number of halogens is 2. The van der Waals surface area contributed by atoms with E-state index in [1.165, 1.54) is 7.05 Å². The van der Waals surface area contributed by atoms with E-state index in [1.807, 2.05) is 0 Å². The number of hydrogen-bond donors (Lipinski definition) is 2. The summed E-state index contributed by atoms with van der Waals surface area (Å²) in [5.74, 6) is -2.29. The van der Waals surface area contributed by atoms with E-state index in [2.05, 4.69) is 5.32 Å². The molecule has 1 saturated heterocycles. The lowest BCUT2D eigenvalue weighted by molar-refractivity contribution is 0.136. The van der Waals surface area contributed by atoms with Crippen LogP contribution in [0.5, 0.6) is 0 Å². The van der Waals surface area contributed by atoms with Gasteiger partial charge in [0.15, 0.2) is 4.90 Å². The first-order valence-electron chi connectivity index (χ1n) is 5.66. The average molecular weight is 292 g/mol. The number of sulfonamides is 1. The summed E-state index contributed by atoms with van der Waals surface area (Å²) in [6.45, 7) is 0.469. The lowest BCUT2D eigenvalue weighted by Crippen LogP contribution is -2.44. The van der Waals surface area contributed by atoms with Gasteiger partial charge in [-0.1, -0.05) is 6.07 Å². The maximum Gasteiger partial charge on any atom is 0.249 e. The highest BCUT2D eigenvalue weighted by Crippen LogP contribution is 2.24. The van der Waals surface area contributed by atoms with Crippen molar-refractivity contribution in [3.63, 3.8) is 0 Å². The van der Waals surface area contributed by atoms with Crippen molar-refractivity contribution >= 4 is 10.0 Å². The third-order valence-corrected chi connectivity index (χ3v) is 5.11. The Morgan fingerprint density at radius 3 is 2.37 bits per heavy atom. The Kier molecular flexibility index (Phi) is 3.86. The standard InChI is InChI=1S/C11H14F2N2O3S/c1-15(9-5-14-6-10(9)16)19(17,18)11-7(12)3-2-4-8(11)13/h2-4,9-10,14,16H,5-6H2,1H3/t9-,10-/m0/s1. The van der Waals surface area contributed by atoms with Crippen LogP contribution in [0.2, 0.25) is 0 Å². The van der Waals surface area contributed by atoms with Crippen molar-refractivity contribution in [3.05, 3.63) is 29.8 Å². The van der Waals surface area contributed by atoms with Gasteiger partial charge in [-0.15, -0.1) is 0 Å². The molecule has 8 heteroatoms. The van der Waals surface area contributed by atoms with Crippen LogP contribution in [-0.2, 0) is 10.0 Å². The van der Waals surface area contributed by atoms with E-state index >= 15 is 0 Å². The monoisotopic (exact) mass is 292 g/mol. The number of hydrogen-bond acceptors (Lipinski definition) is 4. The molecule has 0 aromatic heterocycles. The predicted octanol–water partition coefficient (Wildman–Crippen LogP) is -0.0820. The van der Waals surface area contributed by atoms with Gasteiger partial charge in [-0.3, -0.25) is 0 Å². The van der Waals surface area contributed by atoms with Crippen LogP contribution in [0, 0.1) is 11.6 Å². The number of β-amino-alcohol motifs (C(OH)–C–C–N with tert-alkyl or cyclic N) is 1. The molecule has 5 nitrogen and oxygen atoms in total. The molecule has 106 valence electrons. The average Bonchev–Trinajstić information content (AvgIpc) is 2.73. The number of aliphatic hydroxyl groups is 1. The quantitative estimate of drug-likeness (QED) is 0.817. The molecule has 19 heavy (non-hydrogen) atoms. The lowest BCUT2D eigenvalue weighted by atomic mass is 10.2. The van der Waals surface area contributed by atoms with E-state index < -0.39 is 38.7 Å². The fourth-order valence-electron chi connectivity index (χ4n) is 2.07. The van der Waals surface area contributed by atoms with Crippen molar-refractivity contribution in [1.29, 1.82) is 0 Å². The number of aliphatic hydroxyl groups excluding tert-OH is 1. The van der Waals surface area contributed by atoms with Crippen LogP contribution in [0.3, 0.4) is 0 Å². The fraction of sp³-hybridized carbons (Fsp3) is 0.455. The van der Waals surface area contributed by atoms with Crippen molar-refractivity contribution in [3.8, 4) is 0 Å². The number of likely N-dealkylation sites (N-methyl/N-ethyl adjacent to an activating group) is 1. The number of nitrogens with one attached hydrogen (secondary N) is 1. The second kappa shape index (κ2) is 5.12. The minimum Gasteiger partial charge on any atom is -0.390 e. The maximum absolute atomic E-state index is 13.6. The van der Waals surface area contributed by atoms with Crippen molar-refractivity contribution in [1.82, 2.24) is 9.62 Å². The Hall–Kier alpha value is -1.09. The van der Waals surface area contributed by atoms with Crippen LogP contribution < -0.4 is 5.32 Å². The van der Waals surface area contributed by atoms with Gasteiger partial charge >= 0.3 is 0 Å². The van der Waals surface area contributed by atoms with E-state index in [1.54, 1.807) is 0 Å². The second-order valence-corrected chi connectivity index (χ2v) is 6.30. The third kappa shape index (κ3) is 2.48. The topological polar surface area (TPSA) is 69.6 Å². The van der Waals surface area contributed by atoms with Gasteiger partial charge in [0.05, 0.1) is 12.1 Å². The molecule has 2 atom stereocenters. The first kappa shape index (κ1) is 14.3. The molecule has 0 radical (unpaired) electrons. The van der Waals surface area contributed by atoms with Gasteiger partial charge in [-0.25, -0.2) is 17.2 Å². The van der Waals surface area contributed by atoms with Crippen LogP contribution >= 0.6 is 0 Å². The Morgan fingerprint density at radius 1 is 1.32 bits per heavy atom. The summed E-state index contributed by atoms with van der Waals surface area (Å²) in [7, 11) is -3.14. The van der Waals surface area contributed by atoms with Crippen LogP contribution in [-0.4, -0.2) is 50.1 Å². The molecule has 0 saturated carbocycles. The minimum atomic E-state index is -4.33. The Balaban J connectivity index is 2.42. The van der Waals surface area contributed by atoms with E-state index in [-0.39, 0.29) is 13.1 Å². The summed E-state index contributed by atoms with van der Waals surface area (Å²) in [6.07, 6.45) is -0.908. The molecule has 0 bridgehead atoms. The normalized spacial score (nSPS) is 24.1. The highest BCUT2D eigenvalue weighted by molar-refractivity contribution is 7.89. The van der Waals surface area contributed by atoms with E-state index in [9.17, 15) is 22.3 Å². The third-order valence-electron chi connectivity index (χ3n) is 3.17. The van der Waals surface area contributed by atoms with E-state index in [0.717, 1.165) is 22.5 Å². The molecule has 0 spiro atoms. The van der Waals surface area contributed by atoms with Crippen LogP contribution in [0.15, 0.2) is 23.1 Å². The zero-order valence-corrected chi connectivity index (χ0v) is 11.0. The molecular weight excluding hydrogens is 278 g/mol. The predicted molar refractivity (Wildman–Crippen MR) is 64.0 cm³/mol. The Labute approximate surface area is 109 Å². The zero-order chi connectivity index (χ0) is 14.2. The molecule has 1 aliphatic heterocycles. The molecule has 1 heterocycles. The van der Waals surface area contributed by atoms with Crippen LogP contribution in [0.1, 0.15) is 0 Å². The summed E-state index contributed by atoms with van der Waals surface area (Å²) in [4.78, 5) is -0.989. The molecule has 1 fully saturated rings. The number of nitrogens with zero attached hydrogens (tertiary/aromatic N) is 1. The minimum absolute atomic E-state index is 0.229. The van der Waals surface area contributed by atoms with Gasteiger partial charge < -0.3 is 10.4 Å². The second-order valence-electron chi connectivity index (χ2n) is 4.36. The van der Waals surface area contributed by atoms with Crippen molar-refractivity contribution in [2.24, 2.45) is 0 Å². The van der Waals surface area contributed by atoms with E-state index in [4.69, 9.17) is 0 Å². The Bertz CT molecular complexity index is 559. The summed E-state index contributed by atoms with van der Waals surface area (Å²) in [5, 5.41) is 12.5. The van der Waals surface area contributed by atoms with Crippen molar-refractivity contribution in [2.45, 2.75) is 17.0 Å². The molecule has 0 aliphatic carbocycles. The van der Waals surface area contributed by atoms with Gasteiger partial charge in [0, 0.05) is 20.1 Å². The maximum atomic E-state index is 13.6. The fourth-order valence-corrected chi connectivity index (χ4v) is 3.56. The van der Waals surface area contributed by atoms with E-state index in [0.29, 0.717) is 0 Å². The molecule has 1 aromatic rings. The molecule has 2 rings (SSSR count). The highest BCUT2D eigenvalue weighted by atomic mass is 32.2. The Morgan fingerprint density at radius 2 is 1.89 bits per heavy atom. The zero-order valence-electron chi connectivity index (χ0n) is 10.2. The molecule has 0 unspecified atom stereocenters. The largest absolute Gasteiger partial charge is 0.390 e. The summed E-state index contributed by atoms with van der Waals surface area (Å²) in [6, 6.07) is 2.11.